The third kappa shape index (κ3) is 4.36. The van der Waals surface area contributed by atoms with Crippen molar-refractivity contribution in [1.82, 2.24) is 19.7 Å². The maximum absolute atomic E-state index is 11.0. The second-order valence-corrected chi connectivity index (χ2v) is 8.42. The van der Waals surface area contributed by atoms with E-state index in [2.05, 4.69) is 19.2 Å². The van der Waals surface area contributed by atoms with Crippen LogP contribution in [-0.2, 0) is 19.2 Å². The largest absolute Gasteiger partial charge is 0.393 e. The highest BCUT2D eigenvalue weighted by Crippen LogP contribution is 2.36. The summed E-state index contributed by atoms with van der Waals surface area (Å²) in [7, 11) is -4.25. The zero-order valence-corrected chi connectivity index (χ0v) is 16.2. The minimum Gasteiger partial charge on any atom is -0.393 e. The summed E-state index contributed by atoms with van der Waals surface area (Å²) < 4.78 is 33.1. The Bertz CT molecular complexity index is 952. The minimum absolute atomic E-state index is 0.145. The van der Waals surface area contributed by atoms with Crippen molar-refractivity contribution in [3.63, 3.8) is 0 Å². The molecule has 0 saturated carbocycles. The molecule has 0 aliphatic carbocycles. The van der Waals surface area contributed by atoms with E-state index in [9.17, 15) is 23.7 Å². The van der Waals surface area contributed by atoms with Crippen LogP contribution in [0, 0.1) is 0 Å². The predicted molar refractivity (Wildman–Crippen MR) is 97.1 cm³/mol. The van der Waals surface area contributed by atoms with Gasteiger partial charge in [-0.3, -0.25) is 4.18 Å². The Morgan fingerprint density at radius 3 is 2.75 bits per heavy atom. The van der Waals surface area contributed by atoms with Crippen molar-refractivity contribution >= 4 is 38.9 Å². The van der Waals surface area contributed by atoms with E-state index in [-0.39, 0.29) is 11.5 Å². The third-order valence-electron chi connectivity index (χ3n) is 3.92. The number of nitrogen functional groups attached to an aromatic ring is 1. The zero-order chi connectivity index (χ0) is 20.6. The van der Waals surface area contributed by atoms with E-state index in [1.165, 1.54) is 22.8 Å². The highest BCUT2D eigenvalue weighted by molar-refractivity contribution is 7.99. The molecule has 0 radical (unpaired) electrons. The van der Waals surface area contributed by atoms with Gasteiger partial charge in [0.05, 0.1) is 18.1 Å². The van der Waals surface area contributed by atoms with Gasteiger partial charge in [-0.25, -0.2) is 19.8 Å². The lowest BCUT2D eigenvalue weighted by Gasteiger charge is -2.15. The number of nitrogens with zero attached hydrogens (tertiary/aromatic N) is 4. The van der Waals surface area contributed by atoms with Crippen LogP contribution in [0.15, 0.2) is 11.4 Å². The van der Waals surface area contributed by atoms with Crippen LogP contribution in [0.1, 0.15) is 13.2 Å². The van der Waals surface area contributed by atoms with Crippen molar-refractivity contribution in [3.8, 4) is 0 Å². The molecule has 1 aliphatic rings. The van der Waals surface area contributed by atoms with Crippen LogP contribution in [0.25, 0.3) is 11.0 Å². The standard InChI is InChI=1S/C13H20N6O7S2/c1-5(20)3-27-12-7-10(14)16-4-17-11(7)19(18-12)13-9(22)8(21)6(26-13)2-25-28(15,23)24/h4-6,8-9,13,20-22H,2-3H2,1H3,(H2,14,16,17)(H2,15,23,24)/t5?,6-,8+,9+,13-/m1/s1. The van der Waals surface area contributed by atoms with Gasteiger partial charge in [0, 0.05) is 5.75 Å². The third-order valence-corrected chi connectivity index (χ3v) is 5.59. The van der Waals surface area contributed by atoms with Gasteiger partial charge in [0.1, 0.15) is 35.5 Å². The molecule has 2 aromatic rings. The molecule has 0 aromatic carbocycles. The van der Waals surface area contributed by atoms with E-state index in [1.807, 2.05) is 0 Å². The highest BCUT2D eigenvalue weighted by Gasteiger charge is 2.45. The quantitative estimate of drug-likeness (QED) is 0.291. The first-order valence-electron chi connectivity index (χ1n) is 8.06. The fourth-order valence-electron chi connectivity index (χ4n) is 2.67. The summed E-state index contributed by atoms with van der Waals surface area (Å²) in [5, 5.41) is 40.0. The number of fused-ring (bicyclic) bond motifs is 1. The Kier molecular flexibility index (Phi) is 6.06. The first-order valence-corrected chi connectivity index (χ1v) is 10.5. The molecule has 1 aliphatic heterocycles. The molecule has 2 aromatic heterocycles. The van der Waals surface area contributed by atoms with Crippen molar-refractivity contribution in [2.24, 2.45) is 5.14 Å². The van der Waals surface area contributed by atoms with Gasteiger partial charge in [-0.1, -0.05) is 0 Å². The summed E-state index contributed by atoms with van der Waals surface area (Å²) in [5.41, 5.74) is 6.17. The minimum atomic E-state index is -4.25. The molecule has 0 amide bonds. The normalized spacial score (nSPS) is 26.8. The number of anilines is 1. The molecule has 156 valence electrons. The molecule has 3 rings (SSSR count). The van der Waals surface area contributed by atoms with E-state index in [0.717, 1.165) is 0 Å². The van der Waals surface area contributed by atoms with Crippen LogP contribution in [0.4, 0.5) is 5.82 Å². The van der Waals surface area contributed by atoms with Crippen molar-refractivity contribution < 1.29 is 32.7 Å². The van der Waals surface area contributed by atoms with Gasteiger partial charge < -0.3 is 25.8 Å². The Morgan fingerprint density at radius 1 is 1.39 bits per heavy atom. The molecule has 7 N–H and O–H groups in total. The number of aromatic nitrogens is 4. The highest BCUT2D eigenvalue weighted by atomic mass is 32.2. The number of nitrogens with two attached hydrogens (primary N) is 2. The van der Waals surface area contributed by atoms with Crippen LogP contribution >= 0.6 is 11.8 Å². The summed E-state index contributed by atoms with van der Waals surface area (Å²) in [5.74, 6) is 0.466. The van der Waals surface area contributed by atoms with Gasteiger partial charge in [-0.2, -0.15) is 13.5 Å². The maximum Gasteiger partial charge on any atom is 0.333 e. The first kappa shape index (κ1) is 21.1. The van der Waals surface area contributed by atoms with Crippen molar-refractivity contribution in [2.45, 2.75) is 42.6 Å². The molecule has 1 unspecified atom stereocenters. The van der Waals surface area contributed by atoms with Gasteiger partial charge in [-0.05, 0) is 6.92 Å². The topological polar surface area (TPSA) is 209 Å². The zero-order valence-electron chi connectivity index (χ0n) is 14.6. The molecule has 28 heavy (non-hydrogen) atoms. The second-order valence-electron chi connectivity index (χ2n) is 6.19. The number of aliphatic hydroxyl groups is 3. The Labute approximate surface area is 163 Å². The molecule has 15 heteroatoms. The van der Waals surface area contributed by atoms with E-state index in [0.29, 0.717) is 16.2 Å². The van der Waals surface area contributed by atoms with E-state index in [1.54, 1.807) is 6.92 Å². The number of ether oxygens (including phenoxy) is 1. The van der Waals surface area contributed by atoms with Crippen molar-refractivity contribution in [3.05, 3.63) is 6.33 Å². The van der Waals surface area contributed by atoms with E-state index in [4.69, 9.17) is 15.6 Å². The van der Waals surface area contributed by atoms with Gasteiger partial charge in [0.25, 0.3) is 0 Å². The molecule has 5 atom stereocenters. The fourth-order valence-corrected chi connectivity index (χ4v) is 3.88. The van der Waals surface area contributed by atoms with Crippen LogP contribution < -0.4 is 10.9 Å². The van der Waals surface area contributed by atoms with Gasteiger partial charge >= 0.3 is 10.3 Å². The lowest BCUT2D eigenvalue weighted by molar-refractivity contribution is -0.0531. The van der Waals surface area contributed by atoms with Crippen molar-refractivity contribution in [2.75, 3.05) is 18.1 Å². The summed E-state index contributed by atoms with van der Waals surface area (Å²) in [6, 6.07) is 0. The molecule has 1 saturated heterocycles. The lowest BCUT2D eigenvalue weighted by atomic mass is 10.1. The Morgan fingerprint density at radius 2 is 2.11 bits per heavy atom. The van der Waals surface area contributed by atoms with E-state index >= 15 is 0 Å². The number of hydrogen-bond donors (Lipinski definition) is 5. The van der Waals surface area contributed by atoms with Gasteiger partial charge in [-0.15, -0.1) is 11.8 Å². The average Bonchev–Trinajstić information content (AvgIpc) is 3.10. The Balaban J connectivity index is 1.93. The molecule has 3 heterocycles. The van der Waals surface area contributed by atoms with Gasteiger partial charge in [0.15, 0.2) is 11.9 Å². The maximum atomic E-state index is 11.0. The molecule has 1 fully saturated rings. The molecule has 0 bridgehead atoms. The Hall–Kier alpha value is -1.59. The first-order chi connectivity index (χ1) is 13.1. The smallest absolute Gasteiger partial charge is 0.333 e. The van der Waals surface area contributed by atoms with Crippen LogP contribution in [0.5, 0.6) is 0 Å². The molecular formula is C13H20N6O7S2. The molecular weight excluding hydrogens is 416 g/mol. The number of hydrogen-bond acceptors (Lipinski definition) is 12. The summed E-state index contributed by atoms with van der Waals surface area (Å²) in [6.45, 7) is 1.02. The average molecular weight is 436 g/mol. The van der Waals surface area contributed by atoms with E-state index < -0.39 is 47.6 Å². The van der Waals surface area contributed by atoms with Crippen LogP contribution in [0.3, 0.4) is 0 Å². The number of rotatable bonds is 7. The van der Waals surface area contributed by atoms with Gasteiger partial charge in [0.2, 0.25) is 0 Å². The number of aliphatic hydroxyl groups excluding tert-OH is 3. The summed E-state index contributed by atoms with van der Waals surface area (Å²) in [6.07, 6.45) is -4.68. The fraction of sp³-hybridized carbons (Fsp3) is 0.615. The SMILES string of the molecule is CC(O)CSc1nn([C@@H]2O[C@H](COS(N)(=O)=O)[C@H](O)[C@@H]2O)c2ncnc(N)c12. The second kappa shape index (κ2) is 8.03. The van der Waals surface area contributed by atoms with Crippen molar-refractivity contribution in [1.29, 1.82) is 0 Å². The number of thioether (sulfide) groups is 1. The lowest BCUT2D eigenvalue weighted by Crippen LogP contribution is -2.35. The predicted octanol–water partition coefficient (Wildman–Crippen LogP) is -2.28. The van der Waals surface area contributed by atoms with Crippen LogP contribution in [-0.4, -0.2) is 80.3 Å². The summed E-state index contributed by atoms with van der Waals surface area (Å²) in [4.78, 5) is 8.04. The molecule has 0 spiro atoms. The van der Waals surface area contributed by atoms with Crippen LogP contribution in [0.2, 0.25) is 0 Å². The summed E-state index contributed by atoms with van der Waals surface area (Å²) >= 11 is 1.21. The monoisotopic (exact) mass is 436 g/mol. The molecule has 13 nitrogen and oxygen atoms in total.